The first-order chi connectivity index (χ1) is 16.0. The molecule has 1 saturated heterocycles. The number of rotatable bonds is 6. The monoisotopic (exact) mass is 488 g/mol. The highest BCUT2D eigenvalue weighted by Gasteiger charge is 2.35. The van der Waals surface area contributed by atoms with Gasteiger partial charge < -0.3 is 20.3 Å². The van der Waals surface area contributed by atoms with Gasteiger partial charge in [0.2, 0.25) is 11.5 Å². The number of aromatic nitrogens is 1. The summed E-state index contributed by atoms with van der Waals surface area (Å²) in [7, 11) is 0. The molecule has 0 radical (unpaired) electrons. The van der Waals surface area contributed by atoms with Crippen LogP contribution < -0.4 is 10.9 Å². The van der Waals surface area contributed by atoms with Crippen molar-refractivity contribution in [3.63, 3.8) is 0 Å². The molecule has 2 heterocycles. The highest BCUT2D eigenvalue weighted by molar-refractivity contribution is 6.30. The Morgan fingerprint density at radius 1 is 1.21 bits per heavy atom. The molecule has 1 fully saturated rings. The van der Waals surface area contributed by atoms with Crippen molar-refractivity contribution in [2.75, 3.05) is 6.54 Å². The number of hydrogen-bond acceptors (Lipinski definition) is 4. The molecular formula is C24H29ClN4O5. The first kappa shape index (κ1) is 25.3. The molecule has 0 unspecified atom stereocenters. The van der Waals surface area contributed by atoms with Crippen LogP contribution in [0.2, 0.25) is 5.02 Å². The molecule has 34 heavy (non-hydrogen) atoms. The predicted octanol–water partition coefficient (Wildman–Crippen LogP) is 3.23. The molecule has 0 bridgehead atoms. The molecule has 1 atom stereocenters. The zero-order valence-corrected chi connectivity index (χ0v) is 20.2. The number of aromatic amines is 1. The molecular weight excluding hydrogens is 460 g/mol. The van der Waals surface area contributed by atoms with Gasteiger partial charge in [0.25, 0.3) is 5.91 Å². The molecule has 0 aliphatic carbocycles. The lowest BCUT2D eigenvalue weighted by molar-refractivity contribution is -0.125. The van der Waals surface area contributed by atoms with Gasteiger partial charge in [-0.3, -0.25) is 19.3 Å². The Kier molecular flexibility index (Phi) is 7.66. The summed E-state index contributed by atoms with van der Waals surface area (Å²) in [6, 6.07) is 8.80. The molecule has 1 aromatic heterocycles. The Morgan fingerprint density at radius 2 is 1.94 bits per heavy atom. The second kappa shape index (κ2) is 10.3. The van der Waals surface area contributed by atoms with Gasteiger partial charge in [-0.15, -0.1) is 0 Å². The smallest absolute Gasteiger partial charge is 0.408 e. The van der Waals surface area contributed by atoms with Crippen molar-refractivity contribution >= 4 is 29.5 Å². The molecule has 1 aliphatic heterocycles. The van der Waals surface area contributed by atoms with Crippen LogP contribution in [0.25, 0.3) is 0 Å². The minimum absolute atomic E-state index is 0.132. The van der Waals surface area contributed by atoms with E-state index in [1.54, 1.807) is 18.2 Å². The van der Waals surface area contributed by atoms with Crippen molar-refractivity contribution in [1.29, 1.82) is 0 Å². The Hall–Kier alpha value is -3.33. The van der Waals surface area contributed by atoms with Crippen LogP contribution in [0.15, 0.2) is 41.2 Å². The number of H-pyrrole nitrogens is 1. The SMILES string of the molecule is CC(C)(C)N(Cc1ccc(Cl)cc1CNC(=O)[C@@H]1CCCN1C(=O)c1cccc(=O)[nH]1)C(=O)O. The molecule has 2 aromatic rings. The normalized spacial score (nSPS) is 15.8. The van der Waals surface area contributed by atoms with E-state index >= 15 is 0 Å². The van der Waals surface area contributed by atoms with Gasteiger partial charge in [-0.1, -0.05) is 23.7 Å². The molecule has 3 amide bonds. The van der Waals surface area contributed by atoms with Crippen LogP contribution in [0.4, 0.5) is 4.79 Å². The summed E-state index contributed by atoms with van der Waals surface area (Å²) in [5.74, 6) is -0.720. The topological polar surface area (TPSA) is 123 Å². The van der Waals surface area contributed by atoms with Crippen LogP contribution in [-0.2, 0) is 17.9 Å². The first-order valence-electron chi connectivity index (χ1n) is 11.0. The maximum atomic E-state index is 13.0. The Bertz CT molecular complexity index is 1140. The van der Waals surface area contributed by atoms with E-state index in [2.05, 4.69) is 10.3 Å². The molecule has 0 saturated carbocycles. The molecule has 1 aromatic carbocycles. The van der Waals surface area contributed by atoms with Gasteiger partial charge in [0.1, 0.15) is 11.7 Å². The fraction of sp³-hybridized carbons (Fsp3) is 0.417. The fourth-order valence-corrected chi connectivity index (χ4v) is 4.18. The van der Waals surface area contributed by atoms with Gasteiger partial charge in [0.05, 0.1) is 0 Å². The van der Waals surface area contributed by atoms with Crippen molar-refractivity contribution in [2.45, 2.75) is 58.3 Å². The number of halogens is 1. The maximum absolute atomic E-state index is 13.0. The van der Waals surface area contributed by atoms with Gasteiger partial charge >= 0.3 is 6.09 Å². The second-order valence-electron chi connectivity index (χ2n) is 9.26. The van der Waals surface area contributed by atoms with Crippen LogP contribution >= 0.6 is 11.6 Å². The summed E-state index contributed by atoms with van der Waals surface area (Å²) in [5, 5.41) is 13.0. The summed E-state index contributed by atoms with van der Waals surface area (Å²) in [5.41, 5.74) is 0.558. The molecule has 1 aliphatic rings. The summed E-state index contributed by atoms with van der Waals surface area (Å²) in [6.07, 6.45) is 0.132. The Labute approximate surface area is 202 Å². The van der Waals surface area contributed by atoms with Crippen LogP contribution in [-0.4, -0.2) is 55.9 Å². The van der Waals surface area contributed by atoms with Crippen molar-refractivity contribution in [1.82, 2.24) is 20.1 Å². The number of benzene rings is 1. The summed E-state index contributed by atoms with van der Waals surface area (Å²) < 4.78 is 0. The molecule has 10 heteroatoms. The number of hydrogen-bond donors (Lipinski definition) is 3. The lowest BCUT2D eigenvalue weighted by Crippen LogP contribution is -2.46. The van der Waals surface area contributed by atoms with E-state index in [1.165, 1.54) is 28.0 Å². The van der Waals surface area contributed by atoms with Gasteiger partial charge in [-0.05, 0) is 62.9 Å². The van der Waals surface area contributed by atoms with E-state index in [4.69, 9.17) is 11.6 Å². The van der Waals surface area contributed by atoms with Crippen molar-refractivity contribution < 1.29 is 19.5 Å². The number of pyridine rings is 1. The van der Waals surface area contributed by atoms with Crippen molar-refractivity contribution in [3.8, 4) is 0 Å². The van der Waals surface area contributed by atoms with Crippen molar-refractivity contribution in [3.05, 3.63) is 68.6 Å². The van der Waals surface area contributed by atoms with E-state index in [-0.39, 0.29) is 30.2 Å². The van der Waals surface area contributed by atoms with E-state index < -0.39 is 23.6 Å². The van der Waals surface area contributed by atoms with E-state index in [0.717, 1.165) is 5.56 Å². The van der Waals surface area contributed by atoms with Gasteiger partial charge in [0.15, 0.2) is 0 Å². The highest BCUT2D eigenvalue weighted by atomic mass is 35.5. The molecule has 3 N–H and O–H groups in total. The quantitative estimate of drug-likeness (QED) is 0.576. The van der Waals surface area contributed by atoms with Crippen molar-refractivity contribution in [2.24, 2.45) is 0 Å². The summed E-state index contributed by atoms with van der Waals surface area (Å²) in [4.78, 5) is 54.5. The third-order valence-corrected chi connectivity index (χ3v) is 6.04. The average molecular weight is 489 g/mol. The molecule has 0 spiro atoms. The lowest BCUT2D eigenvalue weighted by atomic mass is 10.0. The summed E-state index contributed by atoms with van der Waals surface area (Å²) >= 11 is 6.17. The van der Waals surface area contributed by atoms with Gasteiger partial charge in [0, 0.05) is 36.3 Å². The largest absolute Gasteiger partial charge is 0.465 e. The Morgan fingerprint density at radius 3 is 2.59 bits per heavy atom. The lowest BCUT2D eigenvalue weighted by Gasteiger charge is -2.33. The second-order valence-corrected chi connectivity index (χ2v) is 9.69. The number of nitrogens with one attached hydrogen (secondary N) is 2. The summed E-state index contributed by atoms with van der Waals surface area (Å²) in [6.45, 7) is 6.11. The van der Waals surface area contributed by atoms with Crippen LogP contribution in [0.3, 0.4) is 0 Å². The van der Waals surface area contributed by atoms with E-state index in [9.17, 15) is 24.3 Å². The van der Waals surface area contributed by atoms with E-state index in [0.29, 0.717) is 30.0 Å². The van der Waals surface area contributed by atoms with Crippen LogP contribution in [0, 0.1) is 0 Å². The minimum atomic E-state index is -1.04. The number of carboxylic acid groups (broad SMARTS) is 1. The van der Waals surface area contributed by atoms with Crippen LogP contribution in [0.1, 0.15) is 55.2 Å². The number of likely N-dealkylation sites (tertiary alicyclic amines) is 1. The zero-order chi connectivity index (χ0) is 25.0. The standard InChI is InChI=1S/C24H29ClN4O5/c1-24(2,3)29(23(33)34)14-15-9-10-17(25)12-16(15)13-26-21(31)19-7-5-11-28(19)22(32)18-6-4-8-20(30)27-18/h4,6,8-10,12,19H,5,7,11,13-14H2,1-3H3,(H,26,31)(H,27,30)(H,33,34)/t19-/m0/s1. The van der Waals surface area contributed by atoms with Gasteiger partial charge in [-0.25, -0.2) is 4.79 Å². The minimum Gasteiger partial charge on any atom is -0.465 e. The molecule has 9 nitrogen and oxygen atoms in total. The van der Waals surface area contributed by atoms with E-state index in [1.807, 2.05) is 20.8 Å². The Balaban J connectivity index is 1.74. The van der Waals surface area contributed by atoms with Gasteiger partial charge in [-0.2, -0.15) is 0 Å². The third kappa shape index (κ3) is 5.96. The average Bonchev–Trinajstić information content (AvgIpc) is 3.25. The first-order valence-corrected chi connectivity index (χ1v) is 11.4. The maximum Gasteiger partial charge on any atom is 0.408 e. The predicted molar refractivity (Wildman–Crippen MR) is 128 cm³/mol. The number of carbonyl (C=O) groups is 3. The number of amides is 3. The molecule has 3 rings (SSSR count). The van der Waals surface area contributed by atoms with Crippen LogP contribution in [0.5, 0.6) is 0 Å². The number of nitrogens with zero attached hydrogens (tertiary/aromatic N) is 2. The molecule has 182 valence electrons. The zero-order valence-electron chi connectivity index (χ0n) is 19.4. The third-order valence-electron chi connectivity index (χ3n) is 5.81. The number of carbonyl (C=O) groups excluding carboxylic acids is 2. The fourth-order valence-electron chi connectivity index (χ4n) is 3.99. The highest BCUT2D eigenvalue weighted by Crippen LogP contribution is 2.23.